The minimum atomic E-state index is 0.0775. The third-order valence-electron chi connectivity index (χ3n) is 3.35. The molecule has 1 rings (SSSR count). The van der Waals surface area contributed by atoms with Crippen LogP contribution in [-0.2, 0) is 11.2 Å². The second kappa shape index (κ2) is 7.51. The van der Waals surface area contributed by atoms with Gasteiger partial charge in [0.25, 0.3) is 0 Å². The lowest BCUT2D eigenvalue weighted by molar-refractivity contribution is 0.0473. The van der Waals surface area contributed by atoms with Crippen LogP contribution in [0.25, 0.3) is 0 Å². The zero-order valence-corrected chi connectivity index (χ0v) is 11.9. The number of nitrogens with two attached hydrogens (primary N) is 1. The standard InChI is InChI=1S/C13H26N4O/c1-5-10(3)17-8-7-12(16-17)9-13(15-14)11(4)18-6-2/h7-8,10-11,13,15H,5-6,9,14H2,1-4H3. The summed E-state index contributed by atoms with van der Waals surface area (Å²) in [6.45, 7) is 9.04. The van der Waals surface area contributed by atoms with Gasteiger partial charge in [-0.2, -0.15) is 5.10 Å². The van der Waals surface area contributed by atoms with E-state index in [4.69, 9.17) is 10.6 Å². The predicted molar refractivity (Wildman–Crippen MR) is 73.1 cm³/mol. The second-order valence-corrected chi connectivity index (χ2v) is 4.68. The SMILES string of the molecule is CCOC(C)C(Cc1ccn(C(C)CC)n1)NN. The maximum absolute atomic E-state index is 5.58. The molecule has 0 saturated carbocycles. The van der Waals surface area contributed by atoms with Crippen molar-refractivity contribution in [3.05, 3.63) is 18.0 Å². The highest BCUT2D eigenvalue weighted by Gasteiger charge is 2.18. The summed E-state index contributed by atoms with van der Waals surface area (Å²) in [6, 6.07) is 2.58. The van der Waals surface area contributed by atoms with Gasteiger partial charge in [-0.1, -0.05) is 6.92 Å². The molecule has 0 radical (unpaired) electrons. The summed E-state index contributed by atoms with van der Waals surface area (Å²) in [5.41, 5.74) is 3.86. The minimum Gasteiger partial charge on any atom is -0.377 e. The summed E-state index contributed by atoms with van der Waals surface area (Å²) in [7, 11) is 0. The number of ether oxygens (including phenoxy) is 1. The zero-order valence-electron chi connectivity index (χ0n) is 11.9. The highest BCUT2D eigenvalue weighted by molar-refractivity contribution is 5.03. The molecule has 0 saturated heterocycles. The first-order chi connectivity index (χ1) is 8.62. The molecule has 3 N–H and O–H groups in total. The number of aromatic nitrogens is 2. The van der Waals surface area contributed by atoms with Gasteiger partial charge < -0.3 is 4.74 Å². The molecule has 0 fully saturated rings. The van der Waals surface area contributed by atoms with Crippen LogP contribution in [0.4, 0.5) is 0 Å². The fraction of sp³-hybridized carbons (Fsp3) is 0.769. The average Bonchev–Trinajstić information content (AvgIpc) is 2.83. The van der Waals surface area contributed by atoms with Crippen molar-refractivity contribution in [1.82, 2.24) is 15.2 Å². The summed E-state index contributed by atoms with van der Waals surface area (Å²) in [6.07, 6.45) is 3.97. The minimum absolute atomic E-state index is 0.0775. The number of hydrogen-bond donors (Lipinski definition) is 2. The van der Waals surface area contributed by atoms with Crippen molar-refractivity contribution in [2.75, 3.05) is 6.61 Å². The maximum atomic E-state index is 5.58. The van der Waals surface area contributed by atoms with Gasteiger partial charge in [0.1, 0.15) is 0 Å². The number of rotatable bonds is 8. The Morgan fingerprint density at radius 2 is 2.17 bits per heavy atom. The monoisotopic (exact) mass is 254 g/mol. The molecule has 1 aromatic heterocycles. The number of nitrogens with zero attached hydrogens (tertiary/aromatic N) is 2. The average molecular weight is 254 g/mol. The Balaban J connectivity index is 2.61. The molecule has 0 aliphatic carbocycles. The van der Waals surface area contributed by atoms with E-state index in [1.165, 1.54) is 0 Å². The lowest BCUT2D eigenvalue weighted by atomic mass is 10.1. The number of hydrazine groups is 1. The molecule has 0 spiro atoms. The van der Waals surface area contributed by atoms with Crippen molar-refractivity contribution in [3.63, 3.8) is 0 Å². The molecule has 0 aromatic carbocycles. The molecular formula is C13H26N4O. The fourth-order valence-corrected chi connectivity index (χ4v) is 1.88. The third kappa shape index (κ3) is 4.08. The van der Waals surface area contributed by atoms with Gasteiger partial charge in [0.2, 0.25) is 0 Å². The van der Waals surface area contributed by atoms with E-state index in [9.17, 15) is 0 Å². The summed E-state index contributed by atoms with van der Waals surface area (Å²) in [5.74, 6) is 5.58. The molecule has 3 atom stereocenters. The fourth-order valence-electron chi connectivity index (χ4n) is 1.88. The molecule has 0 aliphatic heterocycles. The van der Waals surface area contributed by atoms with Crippen LogP contribution in [0.1, 0.15) is 45.9 Å². The van der Waals surface area contributed by atoms with E-state index in [1.807, 2.05) is 24.7 Å². The van der Waals surface area contributed by atoms with Crippen LogP contribution in [0, 0.1) is 0 Å². The molecular weight excluding hydrogens is 228 g/mol. The Bertz CT molecular complexity index is 339. The van der Waals surface area contributed by atoms with Gasteiger partial charge in [-0.3, -0.25) is 16.0 Å². The molecule has 5 nitrogen and oxygen atoms in total. The van der Waals surface area contributed by atoms with E-state index < -0.39 is 0 Å². The normalized spacial score (nSPS) is 16.5. The van der Waals surface area contributed by atoms with Gasteiger partial charge in [-0.25, -0.2) is 0 Å². The summed E-state index contributed by atoms with van der Waals surface area (Å²) in [4.78, 5) is 0. The zero-order chi connectivity index (χ0) is 13.5. The number of hydrogen-bond acceptors (Lipinski definition) is 4. The third-order valence-corrected chi connectivity index (χ3v) is 3.35. The van der Waals surface area contributed by atoms with E-state index in [0.29, 0.717) is 12.6 Å². The molecule has 1 aromatic rings. The van der Waals surface area contributed by atoms with E-state index in [2.05, 4.69) is 30.4 Å². The molecule has 18 heavy (non-hydrogen) atoms. The van der Waals surface area contributed by atoms with E-state index in [0.717, 1.165) is 18.5 Å². The highest BCUT2D eigenvalue weighted by atomic mass is 16.5. The van der Waals surface area contributed by atoms with Crippen LogP contribution in [0.15, 0.2) is 12.3 Å². The quantitative estimate of drug-likeness (QED) is 0.547. The Morgan fingerprint density at radius 1 is 1.44 bits per heavy atom. The van der Waals surface area contributed by atoms with Crippen molar-refractivity contribution in [2.45, 2.75) is 58.7 Å². The van der Waals surface area contributed by atoms with Gasteiger partial charge >= 0.3 is 0 Å². The summed E-state index contributed by atoms with van der Waals surface area (Å²) >= 11 is 0. The van der Waals surface area contributed by atoms with Crippen LogP contribution in [0.5, 0.6) is 0 Å². The van der Waals surface area contributed by atoms with E-state index in [1.54, 1.807) is 0 Å². The first kappa shape index (κ1) is 15.1. The van der Waals surface area contributed by atoms with Crippen LogP contribution >= 0.6 is 0 Å². The van der Waals surface area contributed by atoms with Crippen LogP contribution in [0.3, 0.4) is 0 Å². The first-order valence-corrected chi connectivity index (χ1v) is 6.74. The molecule has 104 valence electrons. The van der Waals surface area contributed by atoms with Crippen LogP contribution in [0.2, 0.25) is 0 Å². The Labute approximate surface area is 110 Å². The molecule has 5 heteroatoms. The molecule has 0 aliphatic rings. The lowest BCUT2D eigenvalue weighted by Gasteiger charge is -2.22. The van der Waals surface area contributed by atoms with Crippen molar-refractivity contribution < 1.29 is 4.74 Å². The second-order valence-electron chi connectivity index (χ2n) is 4.68. The highest BCUT2D eigenvalue weighted by Crippen LogP contribution is 2.11. The van der Waals surface area contributed by atoms with Gasteiger partial charge in [-0.15, -0.1) is 0 Å². The van der Waals surface area contributed by atoms with Crippen molar-refractivity contribution in [1.29, 1.82) is 0 Å². The van der Waals surface area contributed by atoms with E-state index >= 15 is 0 Å². The van der Waals surface area contributed by atoms with Crippen molar-refractivity contribution in [2.24, 2.45) is 5.84 Å². The van der Waals surface area contributed by atoms with Crippen molar-refractivity contribution >= 4 is 0 Å². The topological polar surface area (TPSA) is 65.1 Å². The Morgan fingerprint density at radius 3 is 2.72 bits per heavy atom. The van der Waals surface area contributed by atoms with Crippen LogP contribution < -0.4 is 11.3 Å². The molecule has 0 amide bonds. The van der Waals surface area contributed by atoms with Gasteiger partial charge in [0.05, 0.1) is 17.8 Å². The maximum Gasteiger partial charge on any atom is 0.0717 e. The largest absolute Gasteiger partial charge is 0.377 e. The summed E-state index contributed by atoms with van der Waals surface area (Å²) in [5, 5.41) is 4.58. The Hall–Kier alpha value is -0.910. The van der Waals surface area contributed by atoms with E-state index in [-0.39, 0.29) is 12.1 Å². The predicted octanol–water partition coefficient (Wildman–Crippen LogP) is 1.65. The van der Waals surface area contributed by atoms with Crippen molar-refractivity contribution in [3.8, 4) is 0 Å². The smallest absolute Gasteiger partial charge is 0.0717 e. The van der Waals surface area contributed by atoms with Gasteiger partial charge in [-0.05, 0) is 33.3 Å². The molecule has 1 heterocycles. The summed E-state index contributed by atoms with van der Waals surface area (Å²) < 4.78 is 7.57. The molecule has 0 bridgehead atoms. The van der Waals surface area contributed by atoms with Gasteiger partial charge in [0, 0.05) is 25.3 Å². The number of nitrogens with one attached hydrogen (secondary N) is 1. The first-order valence-electron chi connectivity index (χ1n) is 6.74. The van der Waals surface area contributed by atoms with Crippen LogP contribution in [-0.4, -0.2) is 28.5 Å². The van der Waals surface area contributed by atoms with Gasteiger partial charge in [0.15, 0.2) is 0 Å². The Kier molecular flexibility index (Phi) is 6.32. The lowest BCUT2D eigenvalue weighted by Crippen LogP contribution is -2.45. The molecule has 3 unspecified atom stereocenters.